The second-order valence-electron chi connectivity index (χ2n) is 4.14. The second-order valence-corrected chi connectivity index (χ2v) is 7.49. The molecule has 0 aliphatic heterocycles. The molecule has 0 saturated heterocycles. The lowest BCUT2D eigenvalue weighted by Crippen LogP contribution is -2.49. The number of hydrogen-bond donors (Lipinski definition) is 1. The fraction of sp³-hybridized carbons (Fsp3) is 1.00. The largest absolute Gasteiger partial charge is 0.394 e. The van der Waals surface area contributed by atoms with Crippen molar-refractivity contribution in [1.29, 1.82) is 0 Å². The molecule has 0 aromatic heterocycles. The Balaban J connectivity index is 4.64. The van der Waals surface area contributed by atoms with E-state index >= 15 is 0 Å². The SMILES string of the molecule is CCCC(C(C)N)[Si](C)(OCC)OCC. The van der Waals surface area contributed by atoms with Gasteiger partial charge in [-0.05, 0) is 33.7 Å². The van der Waals surface area contributed by atoms with E-state index in [1.807, 2.05) is 13.8 Å². The van der Waals surface area contributed by atoms with Crippen molar-refractivity contribution in [3.63, 3.8) is 0 Å². The molecule has 0 heterocycles. The van der Waals surface area contributed by atoms with Crippen LogP contribution in [0.1, 0.15) is 40.5 Å². The molecule has 0 amide bonds. The van der Waals surface area contributed by atoms with Crippen molar-refractivity contribution in [3.05, 3.63) is 0 Å². The van der Waals surface area contributed by atoms with E-state index in [2.05, 4.69) is 20.4 Å². The highest BCUT2D eigenvalue weighted by Gasteiger charge is 2.42. The van der Waals surface area contributed by atoms with Crippen LogP contribution in [0.2, 0.25) is 12.1 Å². The van der Waals surface area contributed by atoms with Gasteiger partial charge in [0, 0.05) is 24.8 Å². The summed E-state index contributed by atoms with van der Waals surface area (Å²) in [7, 11) is -2.09. The van der Waals surface area contributed by atoms with Crippen LogP contribution in [-0.2, 0) is 8.85 Å². The van der Waals surface area contributed by atoms with Gasteiger partial charge in [0.05, 0.1) is 0 Å². The molecule has 0 rings (SSSR count). The first-order chi connectivity index (χ1) is 7.01. The van der Waals surface area contributed by atoms with Crippen molar-refractivity contribution in [2.75, 3.05) is 13.2 Å². The zero-order valence-electron chi connectivity index (χ0n) is 10.9. The van der Waals surface area contributed by atoms with E-state index in [9.17, 15) is 0 Å². The molecule has 0 aliphatic rings. The molecule has 0 bridgehead atoms. The van der Waals surface area contributed by atoms with E-state index in [1.54, 1.807) is 0 Å². The van der Waals surface area contributed by atoms with Gasteiger partial charge >= 0.3 is 8.56 Å². The normalized spacial score (nSPS) is 16.4. The first-order valence-corrected chi connectivity index (χ1v) is 8.44. The van der Waals surface area contributed by atoms with Gasteiger partial charge < -0.3 is 14.6 Å². The summed E-state index contributed by atoms with van der Waals surface area (Å²) in [6.07, 6.45) is 2.23. The van der Waals surface area contributed by atoms with Crippen molar-refractivity contribution < 1.29 is 8.85 Å². The summed E-state index contributed by atoms with van der Waals surface area (Å²) in [6.45, 7) is 11.9. The summed E-state index contributed by atoms with van der Waals surface area (Å²) in [5.41, 5.74) is 6.44. The second kappa shape index (κ2) is 7.38. The molecular formula is C11H27NO2Si. The maximum absolute atomic E-state index is 6.04. The van der Waals surface area contributed by atoms with Gasteiger partial charge in [-0.3, -0.25) is 0 Å². The highest BCUT2D eigenvalue weighted by atomic mass is 28.4. The van der Waals surface area contributed by atoms with E-state index in [0.29, 0.717) is 5.54 Å². The first kappa shape index (κ1) is 15.1. The van der Waals surface area contributed by atoms with E-state index < -0.39 is 8.56 Å². The van der Waals surface area contributed by atoms with Crippen molar-refractivity contribution in [2.24, 2.45) is 5.73 Å². The molecule has 15 heavy (non-hydrogen) atoms. The molecule has 2 unspecified atom stereocenters. The maximum atomic E-state index is 6.04. The summed E-state index contributed by atoms with van der Waals surface area (Å²) in [4.78, 5) is 0. The highest BCUT2D eigenvalue weighted by Crippen LogP contribution is 2.31. The Kier molecular flexibility index (Phi) is 7.43. The topological polar surface area (TPSA) is 44.5 Å². The average Bonchev–Trinajstić information content (AvgIpc) is 2.14. The van der Waals surface area contributed by atoms with Crippen molar-refractivity contribution in [2.45, 2.75) is 58.7 Å². The lowest BCUT2D eigenvalue weighted by atomic mass is 10.1. The summed E-state index contributed by atoms with van der Waals surface area (Å²) < 4.78 is 11.8. The molecule has 0 fully saturated rings. The van der Waals surface area contributed by atoms with Crippen LogP contribution in [0, 0.1) is 0 Å². The van der Waals surface area contributed by atoms with Gasteiger partial charge in [-0.1, -0.05) is 13.3 Å². The first-order valence-electron chi connectivity index (χ1n) is 6.05. The number of nitrogens with two attached hydrogens (primary N) is 1. The van der Waals surface area contributed by atoms with Crippen molar-refractivity contribution >= 4 is 8.56 Å². The van der Waals surface area contributed by atoms with Crippen LogP contribution in [0.15, 0.2) is 0 Å². The molecule has 2 atom stereocenters. The zero-order valence-corrected chi connectivity index (χ0v) is 11.9. The smallest absolute Gasteiger partial charge is 0.339 e. The van der Waals surface area contributed by atoms with Gasteiger partial charge in [0.25, 0.3) is 0 Å². The summed E-state index contributed by atoms with van der Waals surface area (Å²) in [5.74, 6) is 0. The Labute approximate surface area is 95.6 Å². The van der Waals surface area contributed by atoms with Crippen LogP contribution in [0.3, 0.4) is 0 Å². The summed E-state index contributed by atoms with van der Waals surface area (Å²) >= 11 is 0. The molecule has 0 spiro atoms. The predicted octanol–water partition coefficient (Wildman–Crippen LogP) is 2.65. The molecule has 2 N–H and O–H groups in total. The third-order valence-corrected chi connectivity index (χ3v) is 6.66. The molecule has 3 nitrogen and oxygen atoms in total. The van der Waals surface area contributed by atoms with Gasteiger partial charge in [-0.15, -0.1) is 0 Å². The Hall–Kier alpha value is 0.0969. The Morgan fingerprint density at radius 1 is 1.13 bits per heavy atom. The fourth-order valence-electron chi connectivity index (χ4n) is 2.14. The van der Waals surface area contributed by atoms with E-state index in [-0.39, 0.29) is 6.04 Å². The predicted molar refractivity (Wildman–Crippen MR) is 67.2 cm³/mol. The molecule has 0 saturated carbocycles. The minimum Gasteiger partial charge on any atom is -0.394 e. The minimum atomic E-state index is -2.09. The number of hydrogen-bond acceptors (Lipinski definition) is 3. The van der Waals surface area contributed by atoms with Crippen molar-refractivity contribution in [3.8, 4) is 0 Å². The summed E-state index contributed by atoms with van der Waals surface area (Å²) in [6, 6.07) is 0.153. The average molecular weight is 233 g/mol. The van der Waals surface area contributed by atoms with Crippen LogP contribution in [0.4, 0.5) is 0 Å². The van der Waals surface area contributed by atoms with Gasteiger partial charge in [0.2, 0.25) is 0 Å². The quantitative estimate of drug-likeness (QED) is 0.656. The molecule has 0 radical (unpaired) electrons. The fourth-order valence-corrected chi connectivity index (χ4v) is 5.57. The van der Waals surface area contributed by atoms with Crippen LogP contribution < -0.4 is 5.73 Å². The standard InChI is InChI=1S/C11H27NO2Si/c1-6-9-11(10(4)12)15(5,13-7-2)14-8-3/h10-11H,6-9,12H2,1-5H3. The van der Waals surface area contributed by atoms with Gasteiger partial charge in [0.15, 0.2) is 0 Å². The lowest BCUT2D eigenvalue weighted by Gasteiger charge is -2.36. The van der Waals surface area contributed by atoms with Crippen LogP contribution >= 0.6 is 0 Å². The number of rotatable bonds is 8. The van der Waals surface area contributed by atoms with Crippen molar-refractivity contribution in [1.82, 2.24) is 0 Å². The molecular weight excluding hydrogens is 206 g/mol. The van der Waals surface area contributed by atoms with Gasteiger partial charge in [0.1, 0.15) is 0 Å². The monoisotopic (exact) mass is 233 g/mol. The Morgan fingerprint density at radius 2 is 1.60 bits per heavy atom. The zero-order chi connectivity index (χ0) is 11.9. The third kappa shape index (κ3) is 4.63. The van der Waals surface area contributed by atoms with Gasteiger partial charge in [-0.2, -0.15) is 0 Å². The molecule has 0 aromatic carbocycles. The van der Waals surface area contributed by atoms with E-state index in [4.69, 9.17) is 14.6 Å². The Bertz CT molecular complexity index is 159. The maximum Gasteiger partial charge on any atom is 0.339 e. The van der Waals surface area contributed by atoms with Gasteiger partial charge in [-0.25, -0.2) is 0 Å². The van der Waals surface area contributed by atoms with E-state index in [0.717, 1.165) is 26.1 Å². The van der Waals surface area contributed by atoms with Crippen LogP contribution in [-0.4, -0.2) is 27.8 Å². The minimum absolute atomic E-state index is 0.153. The van der Waals surface area contributed by atoms with E-state index in [1.165, 1.54) is 0 Å². The molecule has 92 valence electrons. The summed E-state index contributed by atoms with van der Waals surface area (Å²) in [5, 5.41) is 0. The third-order valence-electron chi connectivity index (χ3n) is 2.77. The lowest BCUT2D eigenvalue weighted by molar-refractivity contribution is 0.173. The molecule has 4 heteroatoms. The van der Waals surface area contributed by atoms with Crippen LogP contribution in [0.5, 0.6) is 0 Å². The molecule has 0 aliphatic carbocycles. The molecule has 0 aromatic rings. The highest BCUT2D eigenvalue weighted by molar-refractivity contribution is 6.67. The Morgan fingerprint density at radius 3 is 1.87 bits per heavy atom. The van der Waals surface area contributed by atoms with Crippen LogP contribution in [0.25, 0.3) is 0 Å².